The number of piperazine rings is 1. The van der Waals surface area contributed by atoms with E-state index < -0.39 is 5.41 Å². The number of hydrogen-bond acceptors (Lipinski definition) is 5. The maximum absolute atomic E-state index is 13.0. The zero-order valence-electron chi connectivity index (χ0n) is 16.6. The van der Waals surface area contributed by atoms with Gasteiger partial charge in [0.2, 0.25) is 5.91 Å². The Morgan fingerprint density at radius 2 is 1.85 bits per heavy atom. The standard InChI is InChI=1S/C19H31N5O2/c1-6-23(7-2)17(25)15-12-14(22-18(26)19(3,4)5)13-21-16(15)24-10-8-20-9-11-24/h12-13,20H,6-11H2,1-5H3,(H,22,26). The van der Waals surface area contributed by atoms with Gasteiger partial charge in [0.1, 0.15) is 5.82 Å². The van der Waals surface area contributed by atoms with Gasteiger partial charge in [0.25, 0.3) is 5.91 Å². The van der Waals surface area contributed by atoms with Crippen molar-refractivity contribution in [2.75, 3.05) is 49.5 Å². The number of aromatic nitrogens is 1. The van der Waals surface area contributed by atoms with Gasteiger partial charge >= 0.3 is 0 Å². The summed E-state index contributed by atoms with van der Waals surface area (Å²) in [5, 5.41) is 6.19. The number of anilines is 2. The van der Waals surface area contributed by atoms with Crippen molar-refractivity contribution in [3.8, 4) is 0 Å². The molecule has 144 valence electrons. The highest BCUT2D eigenvalue weighted by molar-refractivity contribution is 6.01. The third kappa shape index (κ3) is 4.72. The van der Waals surface area contributed by atoms with Gasteiger partial charge in [0, 0.05) is 44.7 Å². The molecule has 0 saturated carbocycles. The molecule has 2 heterocycles. The number of carbonyl (C=O) groups excluding carboxylic acids is 2. The van der Waals surface area contributed by atoms with Crippen LogP contribution in [-0.4, -0.2) is 61.0 Å². The molecule has 0 spiro atoms. The Bertz CT molecular complexity index is 644. The fourth-order valence-corrected chi connectivity index (χ4v) is 2.81. The second-order valence-corrected chi connectivity index (χ2v) is 7.51. The lowest BCUT2D eigenvalue weighted by atomic mass is 9.95. The summed E-state index contributed by atoms with van der Waals surface area (Å²) in [4.78, 5) is 33.8. The lowest BCUT2D eigenvalue weighted by Crippen LogP contribution is -2.45. The smallest absolute Gasteiger partial charge is 0.257 e. The molecule has 2 rings (SSSR count). The summed E-state index contributed by atoms with van der Waals surface area (Å²) >= 11 is 0. The number of carbonyl (C=O) groups is 2. The van der Waals surface area contributed by atoms with Gasteiger partial charge in [-0.1, -0.05) is 20.8 Å². The van der Waals surface area contributed by atoms with Crippen LogP contribution in [0.25, 0.3) is 0 Å². The van der Waals surface area contributed by atoms with Crippen molar-refractivity contribution in [3.05, 3.63) is 17.8 Å². The summed E-state index contributed by atoms with van der Waals surface area (Å²) in [7, 11) is 0. The third-order valence-corrected chi connectivity index (χ3v) is 4.50. The minimum Gasteiger partial charge on any atom is -0.353 e. The van der Waals surface area contributed by atoms with Crippen molar-refractivity contribution in [2.45, 2.75) is 34.6 Å². The van der Waals surface area contributed by atoms with Gasteiger partial charge in [-0.3, -0.25) is 9.59 Å². The van der Waals surface area contributed by atoms with E-state index in [4.69, 9.17) is 0 Å². The van der Waals surface area contributed by atoms with E-state index in [1.165, 1.54) is 0 Å². The molecule has 0 radical (unpaired) electrons. The molecule has 0 aliphatic carbocycles. The average molecular weight is 361 g/mol. The summed E-state index contributed by atoms with van der Waals surface area (Å²) in [5.74, 6) is 0.538. The first kappa shape index (κ1) is 20.2. The summed E-state index contributed by atoms with van der Waals surface area (Å²) < 4.78 is 0. The van der Waals surface area contributed by atoms with E-state index in [0.29, 0.717) is 30.2 Å². The summed E-state index contributed by atoms with van der Waals surface area (Å²) in [6, 6.07) is 1.76. The fraction of sp³-hybridized carbons (Fsp3) is 0.632. The normalized spacial score (nSPS) is 14.9. The molecule has 1 aromatic heterocycles. The second-order valence-electron chi connectivity index (χ2n) is 7.51. The lowest BCUT2D eigenvalue weighted by molar-refractivity contribution is -0.123. The number of hydrogen-bond donors (Lipinski definition) is 2. The van der Waals surface area contributed by atoms with Crippen molar-refractivity contribution in [1.29, 1.82) is 0 Å². The van der Waals surface area contributed by atoms with Crippen LogP contribution in [0.3, 0.4) is 0 Å². The highest BCUT2D eigenvalue weighted by atomic mass is 16.2. The van der Waals surface area contributed by atoms with Crippen molar-refractivity contribution in [2.24, 2.45) is 5.41 Å². The molecule has 1 aliphatic rings. The van der Waals surface area contributed by atoms with Crippen molar-refractivity contribution < 1.29 is 9.59 Å². The minimum atomic E-state index is -0.514. The largest absolute Gasteiger partial charge is 0.353 e. The van der Waals surface area contributed by atoms with Crippen LogP contribution in [-0.2, 0) is 4.79 Å². The Balaban J connectivity index is 2.38. The van der Waals surface area contributed by atoms with E-state index in [2.05, 4.69) is 20.5 Å². The molecule has 2 amide bonds. The molecule has 26 heavy (non-hydrogen) atoms. The van der Waals surface area contributed by atoms with Gasteiger partial charge in [0.05, 0.1) is 17.4 Å². The number of rotatable bonds is 5. The highest BCUT2D eigenvalue weighted by Crippen LogP contribution is 2.25. The Morgan fingerprint density at radius 1 is 1.23 bits per heavy atom. The summed E-state index contributed by atoms with van der Waals surface area (Å²) in [6.07, 6.45) is 1.64. The number of pyridine rings is 1. The maximum atomic E-state index is 13.0. The topological polar surface area (TPSA) is 77.6 Å². The first-order valence-electron chi connectivity index (χ1n) is 9.34. The van der Waals surface area contributed by atoms with E-state index in [0.717, 1.165) is 26.2 Å². The minimum absolute atomic E-state index is 0.0529. The number of nitrogens with zero attached hydrogens (tertiary/aromatic N) is 3. The Hall–Kier alpha value is -2.15. The molecular weight excluding hydrogens is 330 g/mol. The Kier molecular flexibility index (Phi) is 6.58. The van der Waals surface area contributed by atoms with Gasteiger partial charge in [-0.05, 0) is 19.9 Å². The van der Waals surface area contributed by atoms with E-state index in [1.807, 2.05) is 34.6 Å². The molecule has 0 atom stereocenters. The van der Waals surface area contributed by atoms with Crippen molar-refractivity contribution in [3.63, 3.8) is 0 Å². The predicted octanol–water partition coefficient (Wildman–Crippen LogP) is 1.96. The molecular formula is C19H31N5O2. The first-order valence-corrected chi connectivity index (χ1v) is 9.34. The van der Waals surface area contributed by atoms with E-state index in [9.17, 15) is 9.59 Å². The van der Waals surface area contributed by atoms with Crippen molar-refractivity contribution in [1.82, 2.24) is 15.2 Å². The third-order valence-electron chi connectivity index (χ3n) is 4.50. The second kappa shape index (κ2) is 8.49. The van der Waals surface area contributed by atoms with E-state index >= 15 is 0 Å². The van der Waals surface area contributed by atoms with E-state index in [1.54, 1.807) is 17.2 Å². The maximum Gasteiger partial charge on any atom is 0.257 e. The van der Waals surface area contributed by atoms with Crippen LogP contribution in [0.15, 0.2) is 12.3 Å². The van der Waals surface area contributed by atoms with Gasteiger partial charge in [0.15, 0.2) is 0 Å². The van der Waals surface area contributed by atoms with Gasteiger partial charge < -0.3 is 20.4 Å². The fourth-order valence-electron chi connectivity index (χ4n) is 2.81. The predicted molar refractivity (Wildman–Crippen MR) is 105 cm³/mol. The quantitative estimate of drug-likeness (QED) is 0.838. The molecule has 1 aromatic rings. The van der Waals surface area contributed by atoms with Crippen LogP contribution in [0.4, 0.5) is 11.5 Å². The molecule has 7 heteroatoms. The zero-order chi connectivity index (χ0) is 19.3. The number of amides is 2. The van der Waals surface area contributed by atoms with Crippen LogP contribution >= 0.6 is 0 Å². The Morgan fingerprint density at radius 3 is 2.38 bits per heavy atom. The molecule has 0 bridgehead atoms. The molecule has 0 aromatic carbocycles. The summed E-state index contributed by atoms with van der Waals surface area (Å²) in [6.45, 7) is 14.1. The van der Waals surface area contributed by atoms with Gasteiger partial charge in [-0.25, -0.2) is 4.98 Å². The molecule has 1 saturated heterocycles. The van der Waals surface area contributed by atoms with E-state index in [-0.39, 0.29) is 11.8 Å². The number of nitrogens with one attached hydrogen (secondary N) is 2. The Labute approximate surface area is 156 Å². The highest BCUT2D eigenvalue weighted by Gasteiger charge is 2.25. The molecule has 0 unspecified atom stereocenters. The lowest BCUT2D eigenvalue weighted by Gasteiger charge is -2.31. The zero-order valence-corrected chi connectivity index (χ0v) is 16.6. The average Bonchev–Trinajstić information content (AvgIpc) is 2.62. The van der Waals surface area contributed by atoms with Crippen LogP contribution in [0, 0.1) is 5.41 Å². The van der Waals surface area contributed by atoms with Crippen molar-refractivity contribution >= 4 is 23.3 Å². The van der Waals surface area contributed by atoms with Crippen LogP contribution in [0.5, 0.6) is 0 Å². The van der Waals surface area contributed by atoms with Crippen LogP contribution < -0.4 is 15.5 Å². The molecule has 1 aliphatic heterocycles. The SMILES string of the molecule is CCN(CC)C(=O)c1cc(NC(=O)C(C)(C)C)cnc1N1CCNCC1. The van der Waals surface area contributed by atoms with Crippen LogP contribution in [0.1, 0.15) is 45.0 Å². The van der Waals surface area contributed by atoms with Gasteiger partial charge in [-0.15, -0.1) is 0 Å². The molecule has 1 fully saturated rings. The first-order chi connectivity index (χ1) is 12.3. The monoisotopic (exact) mass is 361 g/mol. The molecule has 7 nitrogen and oxygen atoms in total. The van der Waals surface area contributed by atoms with Gasteiger partial charge in [-0.2, -0.15) is 0 Å². The molecule has 2 N–H and O–H groups in total. The van der Waals surface area contributed by atoms with Crippen LogP contribution in [0.2, 0.25) is 0 Å². The summed E-state index contributed by atoms with van der Waals surface area (Å²) in [5.41, 5.74) is 0.585.